The summed E-state index contributed by atoms with van der Waals surface area (Å²) in [5.74, 6) is -0.576. The van der Waals surface area contributed by atoms with Gasteiger partial charge in [-0.05, 0) is 35.4 Å². The molecule has 7 heteroatoms. The Bertz CT molecular complexity index is 510. The number of rotatable bonds is 3. The molecule has 0 unspecified atom stereocenters. The third kappa shape index (κ3) is 3.67. The minimum absolute atomic E-state index is 0.0356. The summed E-state index contributed by atoms with van der Waals surface area (Å²) in [4.78, 5) is 32.7. The fourth-order valence-electron chi connectivity index (χ4n) is 1.07. The largest absolute Gasteiger partial charge is 0.323 e. The average Bonchev–Trinajstić information content (AvgIpc) is 2.35. The number of carbonyl (C=O) groups is 2. The van der Waals surface area contributed by atoms with Gasteiger partial charge in [0.2, 0.25) is 0 Å². The average molecular weight is 269 g/mol. The zero-order valence-corrected chi connectivity index (χ0v) is 10.1. The van der Waals surface area contributed by atoms with Crippen LogP contribution in [0.5, 0.6) is 0 Å². The van der Waals surface area contributed by atoms with Crippen LogP contribution in [0.25, 0.3) is 6.08 Å². The Balaban J connectivity index is 2.76. The number of nitrogens with zero attached hydrogens (tertiary/aromatic N) is 2. The Morgan fingerprint density at radius 1 is 1.33 bits per heavy atom. The minimum atomic E-state index is -0.881. The Morgan fingerprint density at radius 2 is 1.89 bits per heavy atom. The van der Waals surface area contributed by atoms with Crippen LogP contribution in [0.3, 0.4) is 0 Å². The first kappa shape index (κ1) is 13.9. The van der Waals surface area contributed by atoms with Crippen LogP contribution in [-0.2, 0) is 4.79 Å². The number of hydrogen-bond acceptors (Lipinski definition) is 4. The molecule has 0 saturated heterocycles. The van der Waals surface area contributed by atoms with Gasteiger partial charge in [0, 0.05) is 25.3 Å². The van der Waals surface area contributed by atoms with E-state index in [1.807, 2.05) is 0 Å². The van der Waals surface area contributed by atoms with E-state index in [-0.39, 0.29) is 5.69 Å². The van der Waals surface area contributed by atoms with E-state index in [0.29, 0.717) is 5.56 Å². The molecule has 0 atom stereocenters. The SMILES string of the molecule is CN(C(=O)Cl)C(=O)/C=C/c1ccc([N+](=O)[O-])cc1. The molecule has 0 spiro atoms. The number of hydrogen-bond donors (Lipinski definition) is 0. The van der Waals surface area contributed by atoms with Crippen LogP contribution >= 0.6 is 11.6 Å². The van der Waals surface area contributed by atoms with Gasteiger partial charge in [0.25, 0.3) is 11.6 Å². The second-order valence-electron chi connectivity index (χ2n) is 3.33. The van der Waals surface area contributed by atoms with Crippen molar-refractivity contribution in [2.75, 3.05) is 7.05 Å². The van der Waals surface area contributed by atoms with E-state index < -0.39 is 16.2 Å². The van der Waals surface area contributed by atoms with E-state index >= 15 is 0 Å². The van der Waals surface area contributed by atoms with Crippen LogP contribution in [0.2, 0.25) is 0 Å². The number of amides is 2. The van der Waals surface area contributed by atoms with Crippen LogP contribution in [0, 0.1) is 10.1 Å². The number of imide groups is 1. The molecule has 0 bridgehead atoms. The van der Waals surface area contributed by atoms with Crippen molar-refractivity contribution < 1.29 is 14.5 Å². The molecule has 0 fully saturated rings. The first-order chi connectivity index (χ1) is 8.41. The van der Waals surface area contributed by atoms with Crippen molar-refractivity contribution >= 4 is 34.6 Å². The predicted molar refractivity (Wildman–Crippen MR) is 66.1 cm³/mol. The smallest absolute Gasteiger partial charge is 0.269 e. The lowest BCUT2D eigenvalue weighted by atomic mass is 10.2. The van der Waals surface area contributed by atoms with E-state index in [1.54, 1.807) is 0 Å². The molecule has 0 aliphatic heterocycles. The number of benzene rings is 1. The van der Waals surface area contributed by atoms with Crippen molar-refractivity contribution in [2.24, 2.45) is 0 Å². The summed E-state index contributed by atoms with van der Waals surface area (Å²) in [5, 5.41) is 9.54. The zero-order valence-electron chi connectivity index (χ0n) is 9.37. The van der Waals surface area contributed by atoms with Gasteiger partial charge in [0.1, 0.15) is 0 Å². The predicted octanol–water partition coefficient (Wildman–Crippen LogP) is 2.43. The molecule has 0 saturated carbocycles. The topological polar surface area (TPSA) is 80.5 Å². The summed E-state index contributed by atoms with van der Waals surface area (Å²) in [6, 6.07) is 5.62. The first-order valence-electron chi connectivity index (χ1n) is 4.81. The van der Waals surface area contributed by atoms with Gasteiger partial charge >= 0.3 is 5.37 Å². The van der Waals surface area contributed by atoms with Gasteiger partial charge in [0.15, 0.2) is 0 Å². The lowest BCUT2D eigenvalue weighted by molar-refractivity contribution is -0.384. The Hall–Kier alpha value is -2.21. The lowest BCUT2D eigenvalue weighted by Crippen LogP contribution is -2.26. The number of nitro benzene ring substituents is 1. The molecule has 0 aliphatic carbocycles. The van der Waals surface area contributed by atoms with Crippen LogP contribution in [0.4, 0.5) is 10.5 Å². The van der Waals surface area contributed by atoms with Gasteiger partial charge in [-0.25, -0.2) is 0 Å². The maximum atomic E-state index is 11.4. The van der Waals surface area contributed by atoms with Crippen LogP contribution in [-0.4, -0.2) is 28.1 Å². The van der Waals surface area contributed by atoms with Crippen molar-refractivity contribution in [3.05, 3.63) is 46.0 Å². The Labute approximate surface area is 108 Å². The van der Waals surface area contributed by atoms with E-state index in [4.69, 9.17) is 11.6 Å². The quantitative estimate of drug-likeness (QED) is 0.277. The molecule has 0 N–H and O–H groups in total. The van der Waals surface area contributed by atoms with Crippen molar-refractivity contribution in [2.45, 2.75) is 0 Å². The highest BCUT2D eigenvalue weighted by molar-refractivity contribution is 6.64. The number of carbonyl (C=O) groups excluding carboxylic acids is 2. The molecule has 0 heterocycles. The third-order valence-electron chi connectivity index (χ3n) is 2.12. The normalized spacial score (nSPS) is 10.3. The Morgan fingerprint density at radius 3 is 2.33 bits per heavy atom. The highest BCUT2D eigenvalue weighted by Crippen LogP contribution is 2.12. The molecule has 2 amide bonds. The summed E-state index contributed by atoms with van der Waals surface area (Å²) in [7, 11) is 1.25. The summed E-state index contributed by atoms with van der Waals surface area (Å²) in [6.45, 7) is 0. The maximum Gasteiger partial charge on any atom is 0.323 e. The molecule has 1 aromatic carbocycles. The highest BCUT2D eigenvalue weighted by atomic mass is 35.5. The van der Waals surface area contributed by atoms with Crippen LogP contribution in [0.1, 0.15) is 5.56 Å². The molecule has 18 heavy (non-hydrogen) atoms. The molecule has 1 aromatic rings. The molecule has 1 rings (SSSR count). The molecular weight excluding hydrogens is 260 g/mol. The number of nitro groups is 1. The van der Waals surface area contributed by atoms with E-state index in [1.165, 1.54) is 37.4 Å². The van der Waals surface area contributed by atoms with Gasteiger partial charge < -0.3 is 0 Å². The number of non-ortho nitro benzene ring substituents is 1. The minimum Gasteiger partial charge on any atom is -0.269 e. The standard InChI is InChI=1S/C11H9ClN2O4/c1-13(11(12)16)10(15)7-4-8-2-5-9(6-3-8)14(17)18/h2-7H,1H3/b7-4+. The third-order valence-corrected chi connectivity index (χ3v) is 2.37. The van der Waals surface area contributed by atoms with Crippen molar-refractivity contribution in [1.29, 1.82) is 0 Å². The number of likely N-dealkylation sites (N-methyl/N-ethyl adjacent to an activating group) is 1. The highest BCUT2D eigenvalue weighted by Gasteiger charge is 2.10. The van der Waals surface area contributed by atoms with Crippen molar-refractivity contribution in [3.63, 3.8) is 0 Å². The van der Waals surface area contributed by atoms with Gasteiger partial charge in [-0.1, -0.05) is 0 Å². The van der Waals surface area contributed by atoms with E-state index in [2.05, 4.69) is 0 Å². The molecular formula is C11H9ClN2O4. The number of halogens is 1. The molecule has 94 valence electrons. The first-order valence-corrected chi connectivity index (χ1v) is 5.19. The fourth-order valence-corrected chi connectivity index (χ4v) is 1.16. The monoisotopic (exact) mass is 268 g/mol. The zero-order chi connectivity index (χ0) is 13.7. The van der Waals surface area contributed by atoms with Crippen molar-refractivity contribution in [1.82, 2.24) is 4.90 Å². The van der Waals surface area contributed by atoms with E-state index in [9.17, 15) is 19.7 Å². The molecule has 6 nitrogen and oxygen atoms in total. The molecule has 0 aromatic heterocycles. The van der Waals surface area contributed by atoms with Crippen LogP contribution < -0.4 is 0 Å². The summed E-state index contributed by atoms with van der Waals surface area (Å²) in [5.41, 5.74) is 0.566. The van der Waals surface area contributed by atoms with Gasteiger partial charge in [-0.3, -0.25) is 24.6 Å². The summed E-state index contributed by atoms with van der Waals surface area (Å²) >= 11 is 5.12. The van der Waals surface area contributed by atoms with Crippen LogP contribution in [0.15, 0.2) is 30.3 Å². The molecule has 0 aliphatic rings. The van der Waals surface area contributed by atoms with Gasteiger partial charge in [0.05, 0.1) is 4.92 Å². The van der Waals surface area contributed by atoms with E-state index in [0.717, 1.165) is 11.0 Å². The maximum absolute atomic E-state index is 11.4. The second kappa shape index (κ2) is 5.92. The summed E-state index contributed by atoms with van der Waals surface area (Å²) in [6.07, 6.45) is 2.59. The fraction of sp³-hybridized carbons (Fsp3) is 0.0909. The molecule has 0 radical (unpaired) electrons. The second-order valence-corrected chi connectivity index (χ2v) is 3.66. The van der Waals surface area contributed by atoms with Crippen molar-refractivity contribution in [3.8, 4) is 0 Å². The lowest BCUT2D eigenvalue weighted by Gasteiger charge is -2.06. The van der Waals surface area contributed by atoms with Gasteiger partial charge in [-0.2, -0.15) is 0 Å². The summed E-state index contributed by atoms with van der Waals surface area (Å²) < 4.78 is 0. The van der Waals surface area contributed by atoms with Gasteiger partial charge in [-0.15, -0.1) is 0 Å². The Kier molecular flexibility index (Phi) is 4.56.